The average molecular weight is 251 g/mol. The van der Waals surface area contributed by atoms with E-state index in [1.165, 1.54) is 5.56 Å². The van der Waals surface area contributed by atoms with Gasteiger partial charge in [0.1, 0.15) is 0 Å². The quantitative estimate of drug-likeness (QED) is 0.790. The van der Waals surface area contributed by atoms with Crippen molar-refractivity contribution in [3.05, 3.63) is 65.2 Å². The van der Waals surface area contributed by atoms with E-state index in [0.717, 1.165) is 16.8 Å². The fourth-order valence-corrected chi connectivity index (χ4v) is 2.67. The zero-order valence-corrected chi connectivity index (χ0v) is 11.3. The van der Waals surface area contributed by atoms with Gasteiger partial charge in [-0.15, -0.1) is 0 Å². The summed E-state index contributed by atoms with van der Waals surface area (Å²) in [4.78, 5) is 14.4. The summed E-state index contributed by atoms with van der Waals surface area (Å²) in [6.45, 7) is 5.00. The van der Waals surface area contributed by atoms with E-state index < -0.39 is 0 Å². The number of amides is 1. The summed E-state index contributed by atoms with van der Waals surface area (Å²) >= 11 is 0. The molecule has 0 saturated heterocycles. The number of nitrogens with zero attached hydrogens (tertiary/aromatic N) is 1. The second-order valence-corrected chi connectivity index (χ2v) is 5.26. The lowest BCUT2D eigenvalue weighted by atomic mass is 10.0. The van der Waals surface area contributed by atoms with Gasteiger partial charge in [-0.05, 0) is 29.2 Å². The van der Waals surface area contributed by atoms with Crippen LogP contribution < -0.4 is 4.90 Å². The molecule has 2 aromatic rings. The van der Waals surface area contributed by atoms with Crippen molar-refractivity contribution in [1.29, 1.82) is 0 Å². The number of carbonyl (C=O) groups is 1. The predicted molar refractivity (Wildman–Crippen MR) is 77.5 cm³/mol. The average Bonchev–Trinajstić information content (AvgIpc) is 2.76. The lowest BCUT2D eigenvalue weighted by molar-refractivity contribution is 0.0996. The number of rotatable bonds is 2. The summed E-state index contributed by atoms with van der Waals surface area (Å²) < 4.78 is 0. The lowest BCUT2D eigenvalue weighted by Gasteiger charge is -2.21. The summed E-state index contributed by atoms with van der Waals surface area (Å²) in [7, 11) is 0. The third kappa shape index (κ3) is 1.93. The topological polar surface area (TPSA) is 20.3 Å². The molecule has 1 amide bonds. The Morgan fingerprint density at radius 3 is 2.42 bits per heavy atom. The molecule has 1 aliphatic rings. The van der Waals surface area contributed by atoms with E-state index in [2.05, 4.69) is 19.9 Å². The Labute approximate surface area is 113 Å². The molecule has 3 rings (SSSR count). The number of benzene rings is 2. The molecule has 1 heterocycles. The zero-order chi connectivity index (χ0) is 13.4. The Bertz CT molecular complexity index is 631. The third-order valence-corrected chi connectivity index (χ3v) is 3.67. The second-order valence-electron chi connectivity index (χ2n) is 5.26. The third-order valence-electron chi connectivity index (χ3n) is 3.67. The SMILES string of the molecule is CC(C)c1ccccc1N1Cc2ccccc2C1=O. The van der Waals surface area contributed by atoms with E-state index in [-0.39, 0.29) is 5.91 Å². The molecular weight excluding hydrogens is 234 g/mol. The molecule has 96 valence electrons. The van der Waals surface area contributed by atoms with E-state index in [1.807, 2.05) is 47.4 Å². The lowest BCUT2D eigenvalue weighted by Crippen LogP contribution is -2.24. The van der Waals surface area contributed by atoms with Crippen LogP contribution in [0.2, 0.25) is 0 Å². The minimum Gasteiger partial charge on any atom is -0.304 e. The van der Waals surface area contributed by atoms with Crippen molar-refractivity contribution >= 4 is 11.6 Å². The van der Waals surface area contributed by atoms with Crippen LogP contribution in [0.5, 0.6) is 0 Å². The maximum Gasteiger partial charge on any atom is 0.258 e. The van der Waals surface area contributed by atoms with E-state index >= 15 is 0 Å². The smallest absolute Gasteiger partial charge is 0.258 e. The van der Waals surface area contributed by atoms with Gasteiger partial charge in [-0.3, -0.25) is 4.79 Å². The number of fused-ring (bicyclic) bond motifs is 1. The monoisotopic (exact) mass is 251 g/mol. The van der Waals surface area contributed by atoms with Gasteiger partial charge >= 0.3 is 0 Å². The van der Waals surface area contributed by atoms with Crippen LogP contribution in [0.1, 0.15) is 41.3 Å². The highest BCUT2D eigenvalue weighted by Gasteiger charge is 2.29. The maximum atomic E-state index is 12.5. The molecule has 0 N–H and O–H groups in total. The summed E-state index contributed by atoms with van der Waals surface area (Å²) in [5.74, 6) is 0.524. The highest BCUT2D eigenvalue weighted by molar-refractivity contribution is 6.10. The molecule has 0 unspecified atom stereocenters. The van der Waals surface area contributed by atoms with E-state index in [9.17, 15) is 4.79 Å². The second kappa shape index (κ2) is 4.54. The van der Waals surface area contributed by atoms with Crippen molar-refractivity contribution in [1.82, 2.24) is 0 Å². The molecule has 0 bridgehead atoms. The number of anilines is 1. The molecule has 19 heavy (non-hydrogen) atoms. The van der Waals surface area contributed by atoms with E-state index in [4.69, 9.17) is 0 Å². The van der Waals surface area contributed by atoms with Crippen LogP contribution in [0.15, 0.2) is 48.5 Å². The van der Waals surface area contributed by atoms with Crippen molar-refractivity contribution in [2.45, 2.75) is 26.3 Å². The number of para-hydroxylation sites is 1. The molecule has 0 atom stereocenters. The van der Waals surface area contributed by atoms with E-state index in [0.29, 0.717) is 12.5 Å². The van der Waals surface area contributed by atoms with Gasteiger partial charge in [0.2, 0.25) is 0 Å². The molecular formula is C17H17NO. The molecule has 0 fully saturated rings. The van der Waals surface area contributed by atoms with Crippen LogP contribution in [0.4, 0.5) is 5.69 Å². The zero-order valence-electron chi connectivity index (χ0n) is 11.3. The van der Waals surface area contributed by atoms with Gasteiger partial charge in [-0.2, -0.15) is 0 Å². The van der Waals surface area contributed by atoms with Crippen LogP contribution >= 0.6 is 0 Å². The molecule has 0 radical (unpaired) electrons. The van der Waals surface area contributed by atoms with Gasteiger partial charge in [-0.25, -0.2) is 0 Å². The van der Waals surface area contributed by atoms with Crippen LogP contribution in [-0.2, 0) is 6.54 Å². The summed E-state index contributed by atoms with van der Waals surface area (Å²) in [5.41, 5.74) is 4.22. The molecule has 2 heteroatoms. The molecule has 0 aliphatic carbocycles. The maximum absolute atomic E-state index is 12.5. The number of hydrogen-bond donors (Lipinski definition) is 0. The van der Waals surface area contributed by atoms with Gasteiger partial charge in [0.05, 0.1) is 6.54 Å². The normalized spacial score (nSPS) is 14.1. The molecule has 1 aliphatic heterocycles. The molecule has 0 aromatic heterocycles. The van der Waals surface area contributed by atoms with Gasteiger partial charge < -0.3 is 4.90 Å². The van der Waals surface area contributed by atoms with Gasteiger partial charge in [-0.1, -0.05) is 50.2 Å². The predicted octanol–water partition coefficient (Wildman–Crippen LogP) is 3.97. The van der Waals surface area contributed by atoms with Crippen molar-refractivity contribution in [3.63, 3.8) is 0 Å². The first-order valence-electron chi connectivity index (χ1n) is 6.67. The van der Waals surface area contributed by atoms with Crippen molar-refractivity contribution < 1.29 is 4.79 Å². The Balaban J connectivity index is 2.05. The first-order chi connectivity index (χ1) is 9.18. The Morgan fingerprint density at radius 1 is 1.00 bits per heavy atom. The van der Waals surface area contributed by atoms with Crippen LogP contribution in [0.25, 0.3) is 0 Å². The fraction of sp³-hybridized carbons (Fsp3) is 0.235. The van der Waals surface area contributed by atoms with Gasteiger partial charge in [0, 0.05) is 11.3 Å². The summed E-state index contributed by atoms with van der Waals surface area (Å²) in [6, 6.07) is 16.0. The minimum absolute atomic E-state index is 0.115. The van der Waals surface area contributed by atoms with Crippen LogP contribution in [-0.4, -0.2) is 5.91 Å². The van der Waals surface area contributed by atoms with Crippen molar-refractivity contribution in [2.24, 2.45) is 0 Å². The first-order valence-corrected chi connectivity index (χ1v) is 6.67. The standard InChI is InChI=1S/C17H17NO/c1-12(2)14-8-5-6-10-16(14)18-11-13-7-3-4-9-15(13)17(18)19/h3-10,12H,11H2,1-2H3. The highest BCUT2D eigenvalue weighted by atomic mass is 16.2. The van der Waals surface area contributed by atoms with Gasteiger partial charge in [0.15, 0.2) is 0 Å². The Kier molecular flexibility index (Phi) is 2.86. The Hall–Kier alpha value is -2.09. The first kappa shape index (κ1) is 12.0. The molecule has 0 saturated carbocycles. The Morgan fingerprint density at radius 2 is 1.68 bits per heavy atom. The van der Waals surface area contributed by atoms with Crippen LogP contribution in [0, 0.1) is 0 Å². The van der Waals surface area contributed by atoms with Crippen molar-refractivity contribution in [3.8, 4) is 0 Å². The van der Waals surface area contributed by atoms with E-state index in [1.54, 1.807) is 0 Å². The largest absolute Gasteiger partial charge is 0.304 e. The summed E-state index contributed by atoms with van der Waals surface area (Å²) in [6.07, 6.45) is 0. The molecule has 0 spiro atoms. The number of carbonyl (C=O) groups excluding carboxylic acids is 1. The minimum atomic E-state index is 0.115. The molecule has 2 nitrogen and oxygen atoms in total. The summed E-state index contributed by atoms with van der Waals surface area (Å²) in [5, 5.41) is 0. The molecule has 2 aromatic carbocycles. The number of hydrogen-bond acceptors (Lipinski definition) is 1. The highest BCUT2D eigenvalue weighted by Crippen LogP contribution is 2.33. The fourth-order valence-electron chi connectivity index (χ4n) is 2.67. The van der Waals surface area contributed by atoms with Gasteiger partial charge in [0.25, 0.3) is 5.91 Å². The van der Waals surface area contributed by atoms with Crippen LogP contribution in [0.3, 0.4) is 0 Å². The van der Waals surface area contributed by atoms with Crippen molar-refractivity contribution in [2.75, 3.05) is 4.90 Å².